The number of carboxylic acid groups (broad SMARTS) is 1. The number of hydrogen-bond donors (Lipinski definition) is 2. The van der Waals surface area contributed by atoms with Crippen molar-refractivity contribution in [2.45, 2.75) is 103 Å². The smallest absolute Gasteiger partial charge is 0.303 e. The number of aliphatic hydroxyl groups is 1. The molecule has 140 valence electrons. The van der Waals surface area contributed by atoms with Crippen LogP contribution in [0.1, 0.15) is 96.8 Å². The van der Waals surface area contributed by atoms with Gasteiger partial charge in [0, 0.05) is 6.42 Å². The highest BCUT2D eigenvalue weighted by molar-refractivity contribution is 5.66. The van der Waals surface area contributed by atoms with E-state index in [0.29, 0.717) is 6.42 Å². The molecule has 1 atom stereocenters. The third-order valence-corrected chi connectivity index (χ3v) is 4.15. The molecule has 2 N–H and O–H groups in total. The molecule has 0 saturated carbocycles. The predicted octanol–water partition coefficient (Wildman–Crippen LogP) is 6.03. The molecule has 0 saturated heterocycles. The number of carbonyl (C=O) groups is 1. The van der Waals surface area contributed by atoms with Gasteiger partial charge >= 0.3 is 5.97 Å². The molecule has 24 heavy (non-hydrogen) atoms. The number of unbranched alkanes of at least 4 members (excludes halogenated alkanes) is 8. The number of carboxylic acids is 1. The van der Waals surface area contributed by atoms with Crippen molar-refractivity contribution in [2.75, 3.05) is 0 Å². The van der Waals surface area contributed by atoms with Gasteiger partial charge in [0.1, 0.15) is 0 Å². The lowest BCUT2D eigenvalue weighted by Crippen LogP contribution is -2.04. The number of aliphatic carboxylic acids is 1. The van der Waals surface area contributed by atoms with Crippen LogP contribution in [0.3, 0.4) is 0 Å². The summed E-state index contributed by atoms with van der Waals surface area (Å²) in [6.45, 7) is 2.18. The van der Waals surface area contributed by atoms with E-state index < -0.39 is 5.97 Å². The summed E-state index contributed by atoms with van der Waals surface area (Å²) >= 11 is 0. The third-order valence-electron chi connectivity index (χ3n) is 4.15. The molecule has 0 aliphatic carbocycles. The molecule has 0 bridgehead atoms. The molecule has 0 aliphatic heterocycles. The Hall–Kier alpha value is -1.09. The molecule has 0 aromatic rings. The fraction of sp³-hybridized carbons (Fsp3) is 0.762. The summed E-state index contributed by atoms with van der Waals surface area (Å²) in [5, 5.41) is 18.5. The number of rotatable bonds is 17. The van der Waals surface area contributed by atoms with Gasteiger partial charge in [0.25, 0.3) is 0 Å². The topological polar surface area (TPSA) is 57.5 Å². The maximum Gasteiger partial charge on any atom is 0.303 e. The molecule has 0 spiro atoms. The van der Waals surface area contributed by atoms with Crippen molar-refractivity contribution in [3.63, 3.8) is 0 Å². The Bertz CT molecular complexity index is 334. The maximum absolute atomic E-state index is 10.4. The predicted molar refractivity (Wildman–Crippen MR) is 102 cm³/mol. The van der Waals surface area contributed by atoms with Crippen molar-refractivity contribution >= 4 is 5.97 Å². The molecule has 0 rings (SSSR count). The van der Waals surface area contributed by atoms with Crippen LogP contribution in [0.25, 0.3) is 0 Å². The highest BCUT2D eigenvalue weighted by atomic mass is 16.4. The molecule has 1 unspecified atom stereocenters. The fourth-order valence-electron chi connectivity index (χ4n) is 2.64. The lowest BCUT2D eigenvalue weighted by molar-refractivity contribution is -0.137. The Labute approximate surface area is 148 Å². The average Bonchev–Trinajstić information content (AvgIpc) is 2.55. The van der Waals surface area contributed by atoms with Crippen LogP contribution in [0.4, 0.5) is 0 Å². The second kappa shape index (κ2) is 18.3. The number of aliphatic hydroxyl groups excluding tert-OH is 1. The Morgan fingerprint density at radius 2 is 1.46 bits per heavy atom. The van der Waals surface area contributed by atoms with Gasteiger partial charge < -0.3 is 10.2 Å². The summed E-state index contributed by atoms with van der Waals surface area (Å²) in [4.78, 5) is 10.4. The minimum atomic E-state index is -0.684. The number of allylic oxidation sites excluding steroid dienone is 3. The van der Waals surface area contributed by atoms with Crippen LogP contribution in [0.2, 0.25) is 0 Å². The van der Waals surface area contributed by atoms with E-state index in [9.17, 15) is 9.90 Å². The highest BCUT2D eigenvalue weighted by Gasteiger charge is 2.01. The minimum absolute atomic E-state index is 0.197. The highest BCUT2D eigenvalue weighted by Crippen LogP contribution is 2.12. The largest absolute Gasteiger partial charge is 0.481 e. The quantitative estimate of drug-likeness (QED) is 0.252. The molecule has 0 radical (unpaired) electrons. The molecule has 0 heterocycles. The van der Waals surface area contributed by atoms with E-state index in [1.54, 1.807) is 0 Å². The van der Waals surface area contributed by atoms with Crippen LogP contribution in [0, 0.1) is 0 Å². The normalized spacial score (nSPS) is 13.1. The first-order valence-electron chi connectivity index (χ1n) is 9.86. The first kappa shape index (κ1) is 22.9. The van der Waals surface area contributed by atoms with Gasteiger partial charge in [-0.1, -0.05) is 82.6 Å². The van der Waals surface area contributed by atoms with E-state index >= 15 is 0 Å². The molecule has 3 nitrogen and oxygen atoms in total. The first-order chi connectivity index (χ1) is 11.7. The van der Waals surface area contributed by atoms with Crippen LogP contribution < -0.4 is 0 Å². The van der Waals surface area contributed by atoms with Gasteiger partial charge in [-0.2, -0.15) is 0 Å². The molecule has 3 heteroatoms. The van der Waals surface area contributed by atoms with Gasteiger partial charge in [0.15, 0.2) is 0 Å². The van der Waals surface area contributed by atoms with Crippen LogP contribution in [-0.4, -0.2) is 22.3 Å². The van der Waals surface area contributed by atoms with E-state index in [-0.39, 0.29) is 6.10 Å². The summed E-state index contributed by atoms with van der Waals surface area (Å²) in [6, 6.07) is 0. The maximum atomic E-state index is 10.4. The van der Waals surface area contributed by atoms with Gasteiger partial charge in [-0.15, -0.1) is 0 Å². The van der Waals surface area contributed by atoms with Crippen molar-refractivity contribution < 1.29 is 15.0 Å². The molecule has 0 aromatic carbocycles. The average molecular weight is 339 g/mol. The Kier molecular flexibility index (Phi) is 17.4. The lowest BCUT2D eigenvalue weighted by atomic mass is 10.0. The van der Waals surface area contributed by atoms with Crippen molar-refractivity contribution in [3.8, 4) is 0 Å². The summed E-state index contributed by atoms with van der Waals surface area (Å²) in [5.41, 5.74) is 0. The summed E-state index contributed by atoms with van der Waals surface area (Å²) in [7, 11) is 0. The van der Waals surface area contributed by atoms with Gasteiger partial charge in [-0.25, -0.2) is 0 Å². The molecule has 0 aromatic heterocycles. The van der Waals surface area contributed by atoms with Gasteiger partial charge in [0.05, 0.1) is 6.10 Å². The third kappa shape index (κ3) is 19.0. The molecular weight excluding hydrogens is 300 g/mol. The zero-order valence-corrected chi connectivity index (χ0v) is 15.6. The van der Waals surface area contributed by atoms with E-state index in [1.165, 1.54) is 32.1 Å². The summed E-state index contributed by atoms with van der Waals surface area (Å²) < 4.78 is 0. The SMILES string of the molecule is CCCC=CCC=CCC(O)CCCCCCCCCCC(=O)O. The first-order valence-corrected chi connectivity index (χ1v) is 9.86. The standard InChI is InChI=1S/C21H38O3/c1-2-3-4-5-8-11-14-17-20(22)18-15-12-9-6-7-10-13-16-19-21(23)24/h4-5,11,14,20,22H,2-3,6-10,12-13,15-19H2,1H3,(H,23,24). The van der Waals surface area contributed by atoms with E-state index in [1.807, 2.05) is 0 Å². The molecular formula is C21H38O3. The monoisotopic (exact) mass is 338 g/mol. The van der Waals surface area contributed by atoms with Gasteiger partial charge in [0.2, 0.25) is 0 Å². The van der Waals surface area contributed by atoms with E-state index in [4.69, 9.17) is 5.11 Å². The van der Waals surface area contributed by atoms with Crippen molar-refractivity contribution in [1.82, 2.24) is 0 Å². The molecule has 0 amide bonds. The Morgan fingerprint density at radius 3 is 2.08 bits per heavy atom. The molecule has 0 aliphatic rings. The number of hydrogen-bond acceptors (Lipinski definition) is 2. The van der Waals surface area contributed by atoms with E-state index in [0.717, 1.165) is 51.4 Å². The van der Waals surface area contributed by atoms with Crippen LogP contribution in [-0.2, 0) is 4.79 Å². The summed E-state index contributed by atoms with van der Waals surface area (Å²) in [6.07, 6.45) is 22.7. The second-order valence-corrected chi connectivity index (χ2v) is 6.62. The van der Waals surface area contributed by atoms with Crippen molar-refractivity contribution in [2.24, 2.45) is 0 Å². The summed E-state index contributed by atoms with van der Waals surface area (Å²) in [5.74, 6) is -0.684. The van der Waals surface area contributed by atoms with Crippen LogP contribution in [0.15, 0.2) is 24.3 Å². The Balaban J connectivity index is 3.29. The van der Waals surface area contributed by atoms with E-state index in [2.05, 4.69) is 31.2 Å². The van der Waals surface area contributed by atoms with Crippen LogP contribution in [0.5, 0.6) is 0 Å². The van der Waals surface area contributed by atoms with Crippen LogP contribution >= 0.6 is 0 Å². The lowest BCUT2D eigenvalue weighted by Gasteiger charge is -2.07. The zero-order chi connectivity index (χ0) is 17.9. The second-order valence-electron chi connectivity index (χ2n) is 6.62. The van der Waals surface area contributed by atoms with Gasteiger partial charge in [-0.3, -0.25) is 4.79 Å². The zero-order valence-electron chi connectivity index (χ0n) is 15.6. The molecule has 0 fully saturated rings. The fourth-order valence-corrected chi connectivity index (χ4v) is 2.64. The minimum Gasteiger partial charge on any atom is -0.481 e. The van der Waals surface area contributed by atoms with Crippen molar-refractivity contribution in [1.29, 1.82) is 0 Å². The van der Waals surface area contributed by atoms with Crippen molar-refractivity contribution in [3.05, 3.63) is 24.3 Å². The van der Waals surface area contributed by atoms with Gasteiger partial charge in [-0.05, 0) is 32.1 Å². The Morgan fingerprint density at radius 1 is 0.875 bits per heavy atom.